The molecule has 0 amide bonds. The van der Waals surface area contributed by atoms with E-state index in [9.17, 15) is 0 Å². The van der Waals surface area contributed by atoms with E-state index >= 15 is 0 Å². The quantitative estimate of drug-likeness (QED) is 0.206. The summed E-state index contributed by atoms with van der Waals surface area (Å²) in [5, 5.41) is 3.23. The molecule has 3 nitrogen and oxygen atoms in total. The van der Waals surface area contributed by atoms with Gasteiger partial charge in [-0.15, -0.1) is 0 Å². The topological polar surface area (TPSA) is 28.5 Å². The summed E-state index contributed by atoms with van der Waals surface area (Å²) in [5.41, 5.74) is 11.8. The third-order valence-electron chi connectivity index (χ3n) is 8.06. The van der Waals surface area contributed by atoms with Crippen LogP contribution in [0.25, 0.3) is 45.4 Å². The number of hydrogen-bond acceptors (Lipinski definition) is 3. The summed E-state index contributed by atoms with van der Waals surface area (Å²) in [4.78, 5) is 11.8. The summed E-state index contributed by atoms with van der Waals surface area (Å²) in [6, 6.07) is 42.3. The SMILES string of the molecule is C=C/C(c1ccc(-c2ccc3c(c2)N(c2ccccc2N=C)Cc2cc4ccccc4nc2-3)cc1)=c1/ccccc1=C. The Morgan fingerprint density at radius 3 is 2.31 bits per heavy atom. The molecule has 0 spiro atoms. The zero-order valence-corrected chi connectivity index (χ0v) is 23.3. The van der Waals surface area contributed by atoms with Crippen LogP contribution in [0.1, 0.15) is 11.1 Å². The predicted octanol–water partition coefficient (Wildman–Crippen LogP) is 8.35. The van der Waals surface area contributed by atoms with E-state index in [1.165, 1.54) is 5.56 Å². The summed E-state index contributed by atoms with van der Waals surface area (Å²) >= 11 is 0. The minimum atomic E-state index is 0.692. The van der Waals surface area contributed by atoms with Gasteiger partial charge in [-0.3, -0.25) is 4.99 Å². The molecule has 1 aromatic heterocycles. The molecule has 3 heteroatoms. The van der Waals surface area contributed by atoms with Crippen molar-refractivity contribution in [2.24, 2.45) is 4.99 Å². The highest BCUT2D eigenvalue weighted by molar-refractivity contribution is 5.94. The van der Waals surface area contributed by atoms with Crippen LogP contribution in [0.2, 0.25) is 0 Å². The molecule has 5 aromatic carbocycles. The summed E-state index contributed by atoms with van der Waals surface area (Å²) in [7, 11) is 0. The Morgan fingerprint density at radius 1 is 0.762 bits per heavy atom. The molecule has 0 unspecified atom stereocenters. The second-order valence-corrected chi connectivity index (χ2v) is 10.5. The minimum Gasteiger partial charge on any atom is -0.335 e. The summed E-state index contributed by atoms with van der Waals surface area (Å²) in [6.45, 7) is 12.8. The highest BCUT2D eigenvalue weighted by Crippen LogP contribution is 2.46. The fraction of sp³-hybridized carbons (Fsp3) is 0.0256. The van der Waals surface area contributed by atoms with Gasteiger partial charge in [0.05, 0.1) is 34.8 Å². The van der Waals surface area contributed by atoms with E-state index in [2.05, 4.69) is 115 Å². The number of allylic oxidation sites excluding steroid dienone is 1. The highest BCUT2D eigenvalue weighted by atomic mass is 15.2. The van der Waals surface area contributed by atoms with Gasteiger partial charge in [-0.1, -0.05) is 110 Å². The molecule has 0 bridgehead atoms. The number of rotatable bonds is 5. The fourth-order valence-corrected chi connectivity index (χ4v) is 5.95. The van der Waals surface area contributed by atoms with E-state index in [1.54, 1.807) is 0 Å². The van der Waals surface area contributed by atoms with Crippen LogP contribution in [-0.4, -0.2) is 11.7 Å². The van der Waals surface area contributed by atoms with Crippen LogP contribution in [0.4, 0.5) is 17.1 Å². The van der Waals surface area contributed by atoms with Gasteiger partial charge >= 0.3 is 0 Å². The van der Waals surface area contributed by atoms with Gasteiger partial charge < -0.3 is 4.90 Å². The Hall–Kier alpha value is -5.54. The zero-order valence-electron chi connectivity index (χ0n) is 23.3. The first-order valence-electron chi connectivity index (χ1n) is 14.0. The van der Waals surface area contributed by atoms with Crippen molar-refractivity contribution in [3.05, 3.63) is 156 Å². The third kappa shape index (κ3) is 4.32. The van der Waals surface area contributed by atoms with Crippen molar-refractivity contribution >= 4 is 46.8 Å². The van der Waals surface area contributed by atoms with Gasteiger partial charge in [-0.05, 0) is 75.3 Å². The van der Waals surface area contributed by atoms with Crippen molar-refractivity contribution in [2.45, 2.75) is 6.54 Å². The van der Waals surface area contributed by atoms with Gasteiger partial charge in [-0.2, -0.15) is 0 Å². The van der Waals surface area contributed by atoms with Crippen LogP contribution >= 0.6 is 0 Å². The first kappa shape index (κ1) is 25.4. The number of aliphatic imine (C=N–C) groups is 1. The van der Waals surface area contributed by atoms with Gasteiger partial charge in [0.15, 0.2) is 0 Å². The number of fused-ring (bicyclic) bond motifs is 4. The number of hydrogen-bond donors (Lipinski definition) is 0. The first-order chi connectivity index (χ1) is 20.6. The molecule has 42 heavy (non-hydrogen) atoms. The number of aromatic nitrogens is 1. The van der Waals surface area contributed by atoms with Crippen LogP contribution in [0.5, 0.6) is 0 Å². The number of anilines is 2. The molecule has 200 valence electrons. The van der Waals surface area contributed by atoms with Gasteiger partial charge in [0, 0.05) is 10.9 Å². The van der Waals surface area contributed by atoms with Crippen LogP contribution in [0, 0.1) is 0 Å². The molecule has 6 aromatic rings. The van der Waals surface area contributed by atoms with Crippen molar-refractivity contribution in [3.8, 4) is 22.4 Å². The Labute approximate surface area is 245 Å². The molecule has 2 heterocycles. The largest absolute Gasteiger partial charge is 0.335 e. The number of benzene rings is 5. The monoisotopic (exact) mass is 539 g/mol. The third-order valence-corrected chi connectivity index (χ3v) is 8.06. The summed E-state index contributed by atoms with van der Waals surface area (Å²) in [5.74, 6) is 0. The molecular weight excluding hydrogens is 510 g/mol. The maximum absolute atomic E-state index is 5.13. The molecule has 1 aliphatic rings. The second-order valence-electron chi connectivity index (χ2n) is 10.5. The first-order valence-corrected chi connectivity index (χ1v) is 14.0. The fourth-order valence-electron chi connectivity index (χ4n) is 5.95. The average Bonchev–Trinajstić information content (AvgIpc) is 3.04. The van der Waals surface area contributed by atoms with E-state index in [4.69, 9.17) is 4.98 Å². The molecule has 0 N–H and O–H groups in total. The molecule has 0 aliphatic carbocycles. The van der Waals surface area contributed by atoms with E-state index in [1.807, 2.05) is 42.5 Å². The van der Waals surface area contributed by atoms with E-state index < -0.39 is 0 Å². The minimum absolute atomic E-state index is 0.692. The normalized spacial score (nSPS) is 12.8. The molecule has 0 radical (unpaired) electrons. The molecular formula is C39H29N3. The molecule has 0 atom stereocenters. The van der Waals surface area contributed by atoms with Gasteiger partial charge in [0.2, 0.25) is 0 Å². The highest BCUT2D eigenvalue weighted by Gasteiger charge is 2.26. The lowest BCUT2D eigenvalue weighted by molar-refractivity contribution is 0.953. The van der Waals surface area contributed by atoms with Crippen molar-refractivity contribution in [3.63, 3.8) is 0 Å². The number of nitrogens with zero attached hydrogens (tertiary/aromatic N) is 3. The van der Waals surface area contributed by atoms with Crippen LogP contribution in [0.15, 0.2) is 139 Å². The Bertz CT molecular complexity index is 2120. The van der Waals surface area contributed by atoms with E-state index in [0.29, 0.717) is 6.54 Å². The Kier molecular flexibility index (Phi) is 6.33. The lowest BCUT2D eigenvalue weighted by atomic mass is 9.92. The van der Waals surface area contributed by atoms with Crippen LogP contribution in [-0.2, 0) is 6.54 Å². The Balaban J connectivity index is 1.37. The predicted molar refractivity (Wildman–Crippen MR) is 178 cm³/mol. The maximum atomic E-state index is 5.13. The summed E-state index contributed by atoms with van der Waals surface area (Å²) in [6.07, 6.45) is 1.91. The molecule has 0 fully saturated rings. The Morgan fingerprint density at radius 2 is 1.50 bits per heavy atom. The van der Waals surface area contributed by atoms with Crippen molar-refractivity contribution < 1.29 is 0 Å². The number of pyridine rings is 1. The molecule has 1 aliphatic heterocycles. The van der Waals surface area contributed by atoms with Crippen molar-refractivity contribution in [1.82, 2.24) is 4.98 Å². The summed E-state index contributed by atoms with van der Waals surface area (Å²) < 4.78 is 0. The maximum Gasteiger partial charge on any atom is 0.0859 e. The van der Waals surface area contributed by atoms with E-state index in [-0.39, 0.29) is 0 Å². The molecule has 7 rings (SSSR count). The van der Waals surface area contributed by atoms with E-state index in [0.717, 1.165) is 71.9 Å². The zero-order chi connectivity index (χ0) is 28.6. The van der Waals surface area contributed by atoms with Crippen molar-refractivity contribution in [1.29, 1.82) is 0 Å². The van der Waals surface area contributed by atoms with Crippen molar-refractivity contribution in [2.75, 3.05) is 4.90 Å². The van der Waals surface area contributed by atoms with Gasteiger partial charge in [-0.25, -0.2) is 4.98 Å². The van der Waals surface area contributed by atoms with Crippen LogP contribution in [0.3, 0.4) is 0 Å². The number of para-hydroxylation sites is 3. The lowest BCUT2D eigenvalue weighted by Gasteiger charge is -2.33. The average molecular weight is 540 g/mol. The van der Waals surface area contributed by atoms with Crippen LogP contribution < -0.4 is 15.3 Å². The lowest BCUT2D eigenvalue weighted by Crippen LogP contribution is -2.24. The molecule has 0 saturated heterocycles. The standard InChI is InChI=1S/C39H29N3/c1-4-32(33-13-7-5-11-26(33)2)28-19-17-27(18-20-28)29-21-22-34-38(24-29)42(37-16-10-9-15-36(37)40-3)25-31-23-30-12-6-8-14-35(30)41-39(31)34/h4-24H,1-3,25H2/b33-32+. The second kappa shape index (κ2) is 10.5. The van der Waals surface area contributed by atoms with Gasteiger partial charge in [0.25, 0.3) is 0 Å². The smallest absolute Gasteiger partial charge is 0.0859 e. The van der Waals surface area contributed by atoms with Gasteiger partial charge in [0.1, 0.15) is 0 Å². The molecule has 0 saturated carbocycles.